The van der Waals surface area contributed by atoms with Crippen molar-refractivity contribution in [3.8, 4) is 0 Å². The molecule has 0 fully saturated rings. The molecular weight excluding hydrogens is 298 g/mol. The van der Waals surface area contributed by atoms with E-state index in [1.54, 1.807) is 0 Å². The number of halogens is 2. The molecule has 2 aromatic rings. The molecule has 3 heteroatoms. The Morgan fingerprint density at radius 3 is 2.65 bits per heavy atom. The van der Waals surface area contributed by atoms with Crippen molar-refractivity contribution in [1.29, 1.82) is 0 Å². The SMILES string of the molecule is Cc1cc(Cl)ccc1NCc1ccccc1Br. The third-order valence-electron chi connectivity index (χ3n) is 2.62. The lowest BCUT2D eigenvalue weighted by Crippen LogP contribution is -2.01. The number of hydrogen-bond donors (Lipinski definition) is 1. The van der Waals surface area contributed by atoms with Gasteiger partial charge in [-0.05, 0) is 42.3 Å². The molecule has 1 nitrogen and oxygen atoms in total. The molecule has 0 aliphatic rings. The van der Waals surface area contributed by atoms with Crippen molar-refractivity contribution in [2.45, 2.75) is 13.5 Å². The first kappa shape index (κ1) is 12.5. The number of hydrogen-bond acceptors (Lipinski definition) is 1. The minimum Gasteiger partial charge on any atom is -0.381 e. The van der Waals surface area contributed by atoms with Crippen LogP contribution in [0.1, 0.15) is 11.1 Å². The van der Waals surface area contributed by atoms with Gasteiger partial charge in [-0.3, -0.25) is 0 Å². The van der Waals surface area contributed by atoms with Gasteiger partial charge in [-0.2, -0.15) is 0 Å². The Morgan fingerprint density at radius 2 is 1.94 bits per heavy atom. The maximum atomic E-state index is 5.92. The van der Waals surface area contributed by atoms with Crippen LogP contribution in [-0.2, 0) is 6.54 Å². The number of nitrogens with one attached hydrogen (secondary N) is 1. The summed E-state index contributed by atoms with van der Waals surface area (Å²) in [5, 5.41) is 4.18. The Bertz CT molecular complexity index is 525. The Balaban J connectivity index is 2.10. The lowest BCUT2D eigenvalue weighted by atomic mass is 10.2. The quantitative estimate of drug-likeness (QED) is 0.839. The van der Waals surface area contributed by atoms with Crippen LogP contribution in [0.3, 0.4) is 0 Å². The van der Waals surface area contributed by atoms with Gasteiger partial charge in [-0.15, -0.1) is 0 Å². The van der Waals surface area contributed by atoms with Crippen molar-refractivity contribution in [2.75, 3.05) is 5.32 Å². The molecule has 0 heterocycles. The first-order valence-corrected chi connectivity index (χ1v) is 6.57. The van der Waals surface area contributed by atoms with E-state index in [0.717, 1.165) is 27.3 Å². The lowest BCUT2D eigenvalue weighted by molar-refractivity contribution is 1.13. The zero-order chi connectivity index (χ0) is 12.3. The van der Waals surface area contributed by atoms with Gasteiger partial charge in [0.15, 0.2) is 0 Å². The minimum absolute atomic E-state index is 0.772. The Kier molecular flexibility index (Phi) is 4.08. The van der Waals surface area contributed by atoms with Crippen molar-refractivity contribution in [2.24, 2.45) is 0 Å². The van der Waals surface area contributed by atoms with Gasteiger partial charge in [0.1, 0.15) is 0 Å². The van der Waals surface area contributed by atoms with E-state index in [2.05, 4.69) is 27.3 Å². The highest BCUT2D eigenvalue weighted by Crippen LogP contribution is 2.22. The number of rotatable bonds is 3. The average molecular weight is 311 g/mol. The zero-order valence-electron chi connectivity index (χ0n) is 9.50. The summed E-state index contributed by atoms with van der Waals surface area (Å²) in [5.74, 6) is 0. The molecule has 0 aromatic heterocycles. The highest BCUT2D eigenvalue weighted by Gasteiger charge is 2.01. The van der Waals surface area contributed by atoms with E-state index in [-0.39, 0.29) is 0 Å². The molecule has 0 radical (unpaired) electrons. The first-order chi connectivity index (χ1) is 8.16. The zero-order valence-corrected chi connectivity index (χ0v) is 11.8. The van der Waals surface area contributed by atoms with Gasteiger partial charge in [-0.25, -0.2) is 0 Å². The first-order valence-electron chi connectivity index (χ1n) is 5.40. The largest absolute Gasteiger partial charge is 0.381 e. The van der Waals surface area contributed by atoms with Crippen molar-refractivity contribution in [3.63, 3.8) is 0 Å². The molecule has 0 unspecified atom stereocenters. The number of benzene rings is 2. The second-order valence-electron chi connectivity index (χ2n) is 3.90. The summed E-state index contributed by atoms with van der Waals surface area (Å²) < 4.78 is 1.12. The monoisotopic (exact) mass is 309 g/mol. The molecule has 0 spiro atoms. The van der Waals surface area contributed by atoms with Crippen molar-refractivity contribution in [1.82, 2.24) is 0 Å². The van der Waals surface area contributed by atoms with E-state index < -0.39 is 0 Å². The highest BCUT2D eigenvalue weighted by atomic mass is 79.9. The van der Waals surface area contributed by atoms with Crippen molar-refractivity contribution < 1.29 is 0 Å². The van der Waals surface area contributed by atoms with Crippen LogP contribution in [0.15, 0.2) is 46.9 Å². The maximum Gasteiger partial charge on any atom is 0.0412 e. The molecule has 0 amide bonds. The minimum atomic E-state index is 0.772. The van der Waals surface area contributed by atoms with Gasteiger partial charge in [0.2, 0.25) is 0 Å². The maximum absolute atomic E-state index is 5.92. The molecule has 1 N–H and O–H groups in total. The predicted molar refractivity (Wildman–Crippen MR) is 77.7 cm³/mol. The van der Waals surface area contributed by atoms with E-state index in [0.29, 0.717) is 0 Å². The summed E-state index contributed by atoms with van der Waals surface area (Å²) in [4.78, 5) is 0. The molecule has 88 valence electrons. The van der Waals surface area contributed by atoms with Gasteiger partial charge in [0.05, 0.1) is 0 Å². The van der Waals surface area contributed by atoms with Crippen molar-refractivity contribution >= 4 is 33.2 Å². The molecule has 17 heavy (non-hydrogen) atoms. The normalized spacial score (nSPS) is 10.3. The molecule has 0 aliphatic heterocycles. The molecule has 0 bridgehead atoms. The summed E-state index contributed by atoms with van der Waals surface area (Å²) in [5.41, 5.74) is 3.51. The van der Waals surface area contributed by atoms with Crippen LogP contribution in [0.5, 0.6) is 0 Å². The Labute approximate surface area is 115 Å². The van der Waals surface area contributed by atoms with Crippen LogP contribution in [0, 0.1) is 6.92 Å². The number of aryl methyl sites for hydroxylation is 1. The summed E-state index contributed by atoms with van der Waals surface area (Å²) >= 11 is 9.46. The van der Waals surface area contributed by atoms with E-state index >= 15 is 0 Å². The average Bonchev–Trinajstić information content (AvgIpc) is 2.30. The summed E-state index contributed by atoms with van der Waals surface area (Å²) in [7, 11) is 0. The van der Waals surface area contributed by atoms with Gasteiger partial charge in [-0.1, -0.05) is 45.7 Å². The summed E-state index contributed by atoms with van der Waals surface area (Å²) in [6, 6.07) is 14.1. The van der Waals surface area contributed by atoms with E-state index in [4.69, 9.17) is 11.6 Å². The standard InChI is InChI=1S/C14H13BrClN/c1-10-8-12(16)6-7-14(10)17-9-11-4-2-3-5-13(11)15/h2-8,17H,9H2,1H3. The summed E-state index contributed by atoms with van der Waals surface area (Å²) in [6.07, 6.45) is 0. The fraction of sp³-hybridized carbons (Fsp3) is 0.143. The third-order valence-corrected chi connectivity index (χ3v) is 3.62. The molecule has 2 aromatic carbocycles. The van der Waals surface area contributed by atoms with Crippen LogP contribution in [0.4, 0.5) is 5.69 Å². The molecular formula is C14H13BrClN. The molecule has 0 saturated heterocycles. The topological polar surface area (TPSA) is 12.0 Å². The summed E-state index contributed by atoms with van der Waals surface area (Å²) in [6.45, 7) is 2.85. The van der Waals surface area contributed by atoms with Gasteiger partial charge in [0.25, 0.3) is 0 Å². The van der Waals surface area contributed by atoms with Crippen LogP contribution in [0.2, 0.25) is 5.02 Å². The van der Waals surface area contributed by atoms with Crippen molar-refractivity contribution in [3.05, 3.63) is 63.1 Å². The van der Waals surface area contributed by atoms with E-state index in [9.17, 15) is 0 Å². The Morgan fingerprint density at radius 1 is 1.18 bits per heavy atom. The second-order valence-corrected chi connectivity index (χ2v) is 5.19. The molecule has 2 rings (SSSR count). The van der Waals surface area contributed by atoms with Crippen LogP contribution in [0.25, 0.3) is 0 Å². The van der Waals surface area contributed by atoms with E-state index in [1.165, 1.54) is 5.56 Å². The lowest BCUT2D eigenvalue weighted by Gasteiger charge is -2.10. The highest BCUT2D eigenvalue weighted by molar-refractivity contribution is 9.10. The fourth-order valence-electron chi connectivity index (χ4n) is 1.66. The molecule has 0 saturated carbocycles. The van der Waals surface area contributed by atoms with Crippen LogP contribution < -0.4 is 5.32 Å². The number of anilines is 1. The molecule has 0 aliphatic carbocycles. The van der Waals surface area contributed by atoms with Crippen LogP contribution in [-0.4, -0.2) is 0 Å². The van der Waals surface area contributed by atoms with Crippen LogP contribution >= 0.6 is 27.5 Å². The van der Waals surface area contributed by atoms with E-state index in [1.807, 2.05) is 43.3 Å². The van der Waals surface area contributed by atoms with Gasteiger partial charge >= 0.3 is 0 Å². The Hall–Kier alpha value is -0.990. The molecule has 0 atom stereocenters. The second kappa shape index (κ2) is 5.56. The van der Waals surface area contributed by atoms with Gasteiger partial charge in [0, 0.05) is 21.7 Å². The third kappa shape index (κ3) is 3.24. The van der Waals surface area contributed by atoms with Gasteiger partial charge < -0.3 is 5.32 Å². The smallest absolute Gasteiger partial charge is 0.0412 e. The fourth-order valence-corrected chi connectivity index (χ4v) is 2.31. The predicted octanol–water partition coefficient (Wildman–Crippen LogP) is 5.02.